The van der Waals surface area contributed by atoms with Crippen molar-refractivity contribution >= 4 is 35.1 Å². The summed E-state index contributed by atoms with van der Waals surface area (Å²) in [4.78, 5) is 32.6. The van der Waals surface area contributed by atoms with Gasteiger partial charge in [0.15, 0.2) is 11.5 Å². The lowest BCUT2D eigenvalue weighted by molar-refractivity contribution is -0.141. The number of hydrogen-bond acceptors (Lipinski definition) is 6. The lowest BCUT2D eigenvalue weighted by atomic mass is 10.0. The van der Waals surface area contributed by atoms with E-state index < -0.39 is 29.5 Å². The number of fused-ring (bicyclic) bond motifs is 1. The van der Waals surface area contributed by atoms with E-state index in [9.17, 15) is 27.2 Å². The highest BCUT2D eigenvalue weighted by Gasteiger charge is 2.35. The fourth-order valence-electron chi connectivity index (χ4n) is 3.66. The molecule has 0 fully saturated rings. The number of anilines is 2. The molecule has 0 radical (unpaired) electrons. The highest BCUT2D eigenvalue weighted by molar-refractivity contribution is 6.31. The molecule has 1 aliphatic rings. The van der Waals surface area contributed by atoms with Crippen molar-refractivity contribution in [2.75, 3.05) is 5.32 Å². The lowest BCUT2D eigenvalue weighted by Crippen LogP contribution is -2.19. The van der Waals surface area contributed by atoms with E-state index in [4.69, 9.17) is 11.6 Å². The van der Waals surface area contributed by atoms with E-state index in [1.165, 1.54) is 43.5 Å². The SMILES string of the molecule is Cc1cc(C(F)(F)F)nn1-c1nc(Nc2ccc(F)c(Cl)c2)ncc1-c1ccc2c(c1)C(=O)NC2=O. The molecule has 2 aromatic carbocycles. The normalized spacial score (nSPS) is 13.1. The molecule has 2 aromatic heterocycles. The van der Waals surface area contributed by atoms with Crippen molar-refractivity contribution < 1.29 is 27.2 Å². The number of aryl methyl sites for hydroxylation is 1. The van der Waals surface area contributed by atoms with Crippen LogP contribution < -0.4 is 10.6 Å². The first kappa shape index (κ1) is 23.4. The second kappa shape index (κ2) is 8.41. The maximum atomic E-state index is 13.5. The summed E-state index contributed by atoms with van der Waals surface area (Å²) < 4.78 is 54.6. The predicted molar refractivity (Wildman–Crippen MR) is 121 cm³/mol. The molecule has 2 N–H and O–H groups in total. The standard InChI is InChI=1S/C23H13ClF4N6O2/c1-10-6-18(23(26,27)28)33-34(10)19-15(11-2-4-13-14(7-11)21(36)32-20(13)35)9-29-22(31-19)30-12-3-5-17(25)16(24)8-12/h2-9H,1H3,(H,29,30,31)(H,32,35,36). The number of imide groups is 1. The smallest absolute Gasteiger partial charge is 0.324 e. The minimum atomic E-state index is -4.69. The Morgan fingerprint density at radius 2 is 1.75 bits per heavy atom. The molecule has 36 heavy (non-hydrogen) atoms. The fourth-order valence-corrected chi connectivity index (χ4v) is 3.84. The summed E-state index contributed by atoms with van der Waals surface area (Å²) in [5.41, 5.74) is 0.240. The van der Waals surface area contributed by atoms with Crippen LogP contribution in [-0.2, 0) is 6.18 Å². The van der Waals surface area contributed by atoms with Gasteiger partial charge in [0.2, 0.25) is 5.95 Å². The van der Waals surface area contributed by atoms with E-state index in [0.717, 1.165) is 16.8 Å². The van der Waals surface area contributed by atoms with E-state index in [1.54, 1.807) is 0 Å². The number of alkyl halides is 3. The third kappa shape index (κ3) is 4.15. The van der Waals surface area contributed by atoms with Crippen LogP contribution in [0.1, 0.15) is 32.1 Å². The van der Waals surface area contributed by atoms with Gasteiger partial charge in [0.1, 0.15) is 5.82 Å². The molecule has 0 saturated heterocycles. The summed E-state index contributed by atoms with van der Waals surface area (Å²) >= 11 is 5.81. The Morgan fingerprint density at radius 1 is 1.00 bits per heavy atom. The summed E-state index contributed by atoms with van der Waals surface area (Å²) in [6, 6.07) is 9.06. The van der Waals surface area contributed by atoms with Crippen LogP contribution in [0.15, 0.2) is 48.7 Å². The molecule has 4 aromatic rings. The van der Waals surface area contributed by atoms with Crippen LogP contribution in [-0.4, -0.2) is 31.6 Å². The molecule has 0 spiro atoms. The van der Waals surface area contributed by atoms with Gasteiger partial charge in [0, 0.05) is 23.1 Å². The maximum Gasteiger partial charge on any atom is 0.435 e. The number of halogens is 5. The molecule has 8 nitrogen and oxygen atoms in total. The van der Waals surface area contributed by atoms with Crippen molar-refractivity contribution in [1.82, 2.24) is 25.1 Å². The molecular formula is C23H13ClF4N6O2. The quantitative estimate of drug-likeness (QED) is 0.290. The van der Waals surface area contributed by atoms with Crippen molar-refractivity contribution in [3.63, 3.8) is 0 Å². The summed E-state index contributed by atoms with van der Waals surface area (Å²) in [5, 5.41) is 8.54. The number of benzene rings is 2. The zero-order valence-electron chi connectivity index (χ0n) is 18.1. The van der Waals surface area contributed by atoms with E-state index in [-0.39, 0.29) is 39.2 Å². The summed E-state index contributed by atoms with van der Waals surface area (Å²) in [6.45, 7) is 1.43. The highest BCUT2D eigenvalue weighted by atomic mass is 35.5. The van der Waals surface area contributed by atoms with E-state index in [0.29, 0.717) is 11.3 Å². The van der Waals surface area contributed by atoms with Gasteiger partial charge in [-0.2, -0.15) is 23.3 Å². The monoisotopic (exact) mass is 516 g/mol. The van der Waals surface area contributed by atoms with Gasteiger partial charge in [0.05, 0.1) is 16.1 Å². The molecule has 0 saturated carbocycles. The Balaban J connectivity index is 1.65. The molecule has 182 valence electrons. The maximum absolute atomic E-state index is 13.5. The van der Waals surface area contributed by atoms with Crippen molar-refractivity contribution in [1.29, 1.82) is 0 Å². The van der Waals surface area contributed by atoms with Crippen LogP contribution in [0.4, 0.5) is 29.2 Å². The van der Waals surface area contributed by atoms with Gasteiger partial charge >= 0.3 is 6.18 Å². The van der Waals surface area contributed by atoms with Gasteiger partial charge in [-0.25, -0.2) is 14.1 Å². The molecule has 1 aliphatic heterocycles. The number of rotatable bonds is 4. The Morgan fingerprint density at radius 3 is 2.44 bits per heavy atom. The first-order chi connectivity index (χ1) is 17.0. The number of aromatic nitrogens is 4. The van der Waals surface area contributed by atoms with E-state index in [2.05, 4.69) is 25.7 Å². The Bertz CT molecular complexity index is 1570. The van der Waals surface area contributed by atoms with Crippen molar-refractivity contribution in [2.24, 2.45) is 0 Å². The first-order valence-corrected chi connectivity index (χ1v) is 10.6. The zero-order chi connectivity index (χ0) is 25.8. The van der Waals surface area contributed by atoms with Crippen LogP contribution in [0.2, 0.25) is 5.02 Å². The van der Waals surface area contributed by atoms with Gasteiger partial charge in [-0.05, 0) is 48.9 Å². The summed E-state index contributed by atoms with van der Waals surface area (Å²) in [6.07, 6.45) is -3.36. The topological polar surface area (TPSA) is 102 Å². The largest absolute Gasteiger partial charge is 0.435 e. The van der Waals surface area contributed by atoms with E-state index >= 15 is 0 Å². The molecule has 0 aliphatic carbocycles. The van der Waals surface area contributed by atoms with Crippen molar-refractivity contribution in [3.05, 3.63) is 82.0 Å². The van der Waals surface area contributed by atoms with Gasteiger partial charge in [0.25, 0.3) is 11.8 Å². The molecule has 0 unspecified atom stereocenters. The Hall–Kier alpha value is -4.32. The summed E-state index contributed by atoms with van der Waals surface area (Å²) in [7, 11) is 0. The third-order valence-corrected chi connectivity index (χ3v) is 5.66. The molecule has 3 heterocycles. The van der Waals surface area contributed by atoms with Gasteiger partial charge in [-0.15, -0.1) is 0 Å². The molecule has 0 atom stereocenters. The number of hydrogen-bond donors (Lipinski definition) is 2. The van der Waals surface area contributed by atoms with Crippen LogP contribution in [0.25, 0.3) is 16.9 Å². The number of nitrogens with zero attached hydrogens (tertiary/aromatic N) is 4. The number of carbonyl (C=O) groups excluding carboxylic acids is 2. The Labute approximate surface area is 204 Å². The van der Waals surface area contributed by atoms with Crippen molar-refractivity contribution in [2.45, 2.75) is 13.1 Å². The minimum absolute atomic E-state index is 0.0293. The molecule has 5 rings (SSSR count). The second-order valence-electron chi connectivity index (χ2n) is 7.81. The van der Waals surface area contributed by atoms with Crippen LogP contribution in [0.3, 0.4) is 0 Å². The lowest BCUT2D eigenvalue weighted by Gasteiger charge is -2.13. The number of amides is 2. The fraction of sp³-hybridized carbons (Fsp3) is 0.0870. The van der Waals surface area contributed by atoms with E-state index in [1.807, 2.05) is 0 Å². The van der Waals surface area contributed by atoms with Gasteiger partial charge < -0.3 is 5.32 Å². The molecular weight excluding hydrogens is 504 g/mol. The van der Waals surface area contributed by atoms with Gasteiger partial charge in [-0.1, -0.05) is 17.7 Å². The molecule has 0 bridgehead atoms. The third-order valence-electron chi connectivity index (χ3n) is 5.37. The second-order valence-corrected chi connectivity index (χ2v) is 8.22. The molecule has 13 heteroatoms. The highest BCUT2D eigenvalue weighted by Crippen LogP contribution is 2.33. The van der Waals surface area contributed by atoms with Crippen LogP contribution >= 0.6 is 11.6 Å². The zero-order valence-corrected chi connectivity index (χ0v) is 18.9. The minimum Gasteiger partial charge on any atom is -0.324 e. The summed E-state index contributed by atoms with van der Waals surface area (Å²) in [5.74, 6) is -1.84. The number of carbonyl (C=O) groups is 2. The number of nitrogens with one attached hydrogen (secondary N) is 2. The molecule has 2 amide bonds. The predicted octanol–water partition coefficient (Wildman–Crippen LogP) is 5.08. The van der Waals surface area contributed by atoms with Gasteiger partial charge in [-0.3, -0.25) is 14.9 Å². The average Bonchev–Trinajstić information content (AvgIpc) is 3.35. The van der Waals surface area contributed by atoms with Crippen molar-refractivity contribution in [3.8, 4) is 16.9 Å². The average molecular weight is 517 g/mol. The van der Waals surface area contributed by atoms with Crippen LogP contribution in [0.5, 0.6) is 0 Å². The first-order valence-electron chi connectivity index (χ1n) is 10.2. The van der Waals surface area contributed by atoms with Crippen LogP contribution in [0, 0.1) is 12.7 Å². The Kier molecular flexibility index (Phi) is 5.47.